The Balaban J connectivity index is 1.48. The van der Waals surface area contributed by atoms with Crippen molar-refractivity contribution in [1.82, 2.24) is 4.98 Å². The Kier molecular flexibility index (Phi) is 4.52. The van der Waals surface area contributed by atoms with E-state index in [4.69, 9.17) is 9.47 Å². The van der Waals surface area contributed by atoms with Crippen LogP contribution in [0.4, 0.5) is 0 Å². The molecule has 3 aromatic carbocycles. The van der Waals surface area contributed by atoms with Crippen molar-refractivity contribution >= 4 is 10.9 Å². The summed E-state index contributed by atoms with van der Waals surface area (Å²) < 4.78 is 11.3. The minimum Gasteiger partial charge on any atom is -0.496 e. The number of benzene rings is 3. The van der Waals surface area contributed by atoms with E-state index in [9.17, 15) is 0 Å². The maximum absolute atomic E-state index is 5.89. The van der Waals surface area contributed by atoms with E-state index in [0.29, 0.717) is 6.61 Å². The molecule has 0 saturated carbocycles. The molecule has 0 atom stereocenters. The Morgan fingerprint density at radius 3 is 2.38 bits per heavy atom. The van der Waals surface area contributed by atoms with Crippen LogP contribution in [0.5, 0.6) is 11.5 Å². The SMILES string of the molecule is COc1ccccc1-c1ccc(OCc2ccc3ccccc3n2)cc1. The van der Waals surface area contributed by atoms with Crippen molar-refractivity contribution < 1.29 is 9.47 Å². The number of rotatable bonds is 5. The average Bonchev–Trinajstić information content (AvgIpc) is 2.72. The van der Waals surface area contributed by atoms with Gasteiger partial charge >= 0.3 is 0 Å². The smallest absolute Gasteiger partial charge is 0.130 e. The Morgan fingerprint density at radius 2 is 1.54 bits per heavy atom. The van der Waals surface area contributed by atoms with Crippen molar-refractivity contribution in [1.29, 1.82) is 0 Å². The minimum atomic E-state index is 0.443. The van der Waals surface area contributed by atoms with Crippen molar-refractivity contribution in [2.24, 2.45) is 0 Å². The monoisotopic (exact) mass is 341 g/mol. The second-order valence-electron chi connectivity index (χ2n) is 6.01. The van der Waals surface area contributed by atoms with E-state index in [-0.39, 0.29) is 0 Å². The average molecular weight is 341 g/mol. The lowest BCUT2D eigenvalue weighted by atomic mass is 10.0. The van der Waals surface area contributed by atoms with E-state index in [1.54, 1.807) is 7.11 Å². The fraction of sp³-hybridized carbons (Fsp3) is 0.0870. The largest absolute Gasteiger partial charge is 0.496 e. The summed E-state index contributed by atoms with van der Waals surface area (Å²) in [4.78, 5) is 4.64. The summed E-state index contributed by atoms with van der Waals surface area (Å²) in [6, 6.07) is 28.2. The van der Waals surface area contributed by atoms with Gasteiger partial charge in [-0.05, 0) is 35.9 Å². The van der Waals surface area contributed by atoms with Crippen molar-refractivity contribution in [3.63, 3.8) is 0 Å². The first-order chi connectivity index (χ1) is 12.8. The van der Waals surface area contributed by atoms with Crippen LogP contribution < -0.4 is 9.47 Å². The molecular formula is C23H19NO2. The second-order valence-corrected chi connectivity index (χ2v) is 6.01. The summed E-state index contributed by atoms with van der Waals surface area (Å²) in [6.45, 7) is 0.443. The second kappa shape index (κ2) is 7.28. The van der Waals surface area contributed by atoms with Gasteiger partial charge in [-0.15, -0.1) is 0 Å². The van der Waals surface area contributed by atoms with Gasteiger partial charge < -0.3 is 9.47 Å². The first-order valence-electron chi connectivity index (χ1n) is 8.54. The minimum absolute atomic E-state index is 0.443. The summed E-state index contributed by atoms with van der Waals surface area (Å²) in [6.07, 6.45) is 0. The molecule has 0 aliphatic carbocycles. The van der Waals surface area contributed by atoms with Gasteiger partial charge in [0.15, 0.2) is 0 Å². The molecule has 0 unspecified atom stereocenters. The van der Waals surface area contributed by atoms with Gasteiger partial charge in [0.2, 0.25) is 0 Å². The van der Waals surface area contributed by atoms with Gasteiger partial charge in [0.05, 0.1) is 18.3 Å². The number of para-hydroxylation sites is 2. The Hall–Kier alpha value is -3.33. The van der Waals surface area contributed by atoms with Crippen LogP contribution in [0.1, 0.15) is 5.69 Å². The number of pyridine rings is 1. The van der Waals surface area contributed by atoms with Crippen LogP contribution in [-0.4, -0.2) is 12.1 Å². The molecule has 4 rings (SSSR count). The topological polar surface area (TPSA) is 31.4 Å². The number of nitrogens with zero attached hydrogens (tertiary/aromatic N) is 1. The number of methoxy groups -OCH3 is 1. The van der Waals surface area contributed by atoms with Crippen molar-refractivity contribution in [2.75, 3.05) is 7.11 Å². The van der Waals surface area contributed by atoms with Crippen LogP contribution in [0.3, 0.4) is 0 Å². The molecule has 0 amide bonds. The number of fused-ring (bicyclic) bond motifs is 1. The fourth-order valence-corrected chi connectivity index (χ4v) is 2.96. The molecule has 128 valence electrons. The molecule has 0 aliphatic rings. The summed E-state index contributed by atoms with van der Waals surface area (Å²) in [5, 5.41) is 1.14. The number of hydrogen-bond acceptors (Lipinski definition) is 3. The number of ether oxygens (including phenoxy) is 2. The molecule has 0 bridgehead atoms. The maximum Gasteiger partial charge on any atom is 0.130 e. The van der Waals surface area contributed by atoms with Crippen LogP contribution in [-0.2, 0) is 6.61 Å². The highest BCUT2D eigenvalue weighted by Crippen LogP contribution is 2.30. The van der Waals surface area contributed by atoms with Crippen LogP contribution >= 0.6 is 0 Å². The van der Waals surface area contributed by atoms with Gasteiger partial charge in [0, 0.05) is 10.9 Å². The third kappa shape index (κ3) is 3.38. The normalized spacial score (nSPS) is 10.7. The molecule has 3 heteroatoms. The third-order valence-electron chi connectivity index (χ3n) is 4.32. The van der Waals surface area contributed by atoms with Crippen LogP contribution in [0, 0.1) is 0 Å². The van der Waals surface area contributed by atoms with Gasteiger partial charge in [0.1, 0.15) is 18.1 Å². The van der Waals surface area contributed by atoms with E-state index in [1.807, 2.05) is 72.8 Å². The molecule has 0 N–H and O–H groups in total. The zero-order valence-electron chi connectivity index (χ0n) is 14.6. The molecule has 0 aliphatic heterocycles. The van der Waals surface area contributed by atoms with Gasteiger partial charge in [0.25, 0.3) is 0 Å². The predicted molar refractivity (Wildman–Crippen MR) is 105 cm³/mol. The van der Waals surface area contributed by atoms with Crippen molar-refractivity contribution in [3.8, 4) is 22.6 Å². The summed E-state index contributed by atoms with van der Waals surface area (Å²) in [5.74, 6) is 1.68. The molecule has 0 radical (unpaired) electrons. The number of aromatic nitrogens is 1. The molecule has 1 aromatic heterocycles. The Labute approximate surface area is 152 Å². The first-order valence-corrected chi connectivity index (χ1v) is 8.54. The van der Waals surface area contributed by atoms with Gasteiger partial charge in [-0.3, -0.25) is 0 Å². The molecule has 3 nitrogen and oxygen atoms in total. The van der Waals surface area contributed by atoms with Gasteiger partial charge in [-0.2, -0.15) is 0 Å². The predicted octanol–water partition coefficient (Wildman–Crippen LogP) is 5.49. The molecule has 26 heavy (non-hydrogen) atoms. The molecule has 0 spiro atoms. The Morgan fingerprint density at radius 1 is 0.769 bits per heavy atom. The highest BCUT2D eigenvalue weighted by atomic mass is 16.5. The molecule has 1 heterocycles. The highest BCUT2D eigenvalue weighted by Gasteiger charge is 2.05. The van der Waals surface area contributed by atoms with E-state index in [1.165, 1.54) is 0 Å². The molecule has 0 saturated heterocycles. The van der Waals surface area contributed by atoms with E-state index in [0.717, 1.165) is 39.2 Å². The maximum atomic E-state index is 5.89. The first kappa shape index (κ1) is 16.2. The van der Waals surface area contributed by atoms with E-state index in [2.05, 4.69) is 17.1 Å². The molecule has 4 aromatic rings. The van der Waals surface area contributed by atoms with E-state index < -0.39 is 0 Å². The quantitative estimate of drug-likeness (QED) is 0.481. The Bertz CT molecular complexity index is 1030. The molecular weight excluding hydrogens is 322 g/mol. The van der Waals surface area contributed by atoms with Gasteiger partial charge in [-0.1, -0.05) is 54.6 Å². The van der Waals surface area contributed by atoms with Crippen molar-refractivity contribution in [3.05, 3.63) is 90.6 Å². The third-order valence-corrected chi connectivity index (χ3v) is 4.32. The lowest BCUT2D eigenvalue weighted by molar-refractivity contribution is 0.302. The van der Waals surface area contributed by atoms with Crippen LogP contribution in [0.25, 0.3) is 22.0 Å². The fourth-order valence-electron chi connectivity index (χ4n) is 2.96. The van der Waals surface area contributed by atoms with Crippen LogP contribution in [0.2, 0.25) is 0 Å². The number of hydrogen-bond donors (Lipinski definition) is 0. The zero-order chi connectivity index (χ0) is 17.8. The summed E-state index contributed by atoms with van der Waals surface area (Å²) >= 11 is 0. The summed E-state index contributed by atoms with van der Waals surface area (Å²) in [5.41, 5.74) is 4.06. The van der Waals surface area contributed by atoms with Crippen LogP contribution in [0.15, 0.2) is 84.9 Å². The van der Waals surface area contributed by atoms with Gasteiger partial charge in [-0.25, -0.2) is 4.98 Å². The lowest BCUT2D eigenvalue weighted by Crippen LogP contribution is -1.98. The van der Waals surface area contributed by atoms with Crippen molar-refractivity contribution in [2.45, 2.75) is 6.61 Å². The summed E-state index contributed by atoms with van der Waals surface area (Å²) in [7, 11) is 1.69. The zero-order valence-corrected chi connectivity index (χ0v) is 14.6. The standard InChI is InChI=1S/C23H19NO2/c1-25-23-9-5-3-7-21(23)17-11-14-20(15-12-17)26-16-19-13-10-18-6-2-4-8-22(18)24-19/h2-15H,16H2,1H3. The highest BCUT2D eigenvalue weighted by molar-refractivity contribution is 5.78. The van der Waals surface area contributed by atoms with E-state index >= 15 is 0 Å². The molecule has 0 fully saturated rings. The lowest BCUT2D eigenvalue weighted by Gasteiger charge is -2.10.